The van der Waals surface area contributed by atoms with Gasteiger partial charge < -0.3 is 4.57 Å². The van der Waals surface area contributed by atoms with Crippen molar-refractivity contribution in [2.75, 3.05) is 0 Å². The van der Waals surface area contributed by atoms with Gasteiger partial charge in [0.05, 0.1) is 11.1 Å². The molecule has 0 spiro atoms. The van der Waals surface area contributed by atoms with Crippen LogP contribution < -0.4 is 5.56 Å². The third kappa shape index (κ3) is 1.61. The lowest BCUT2D eigenvalue weighted by Crippen LogP contribution is -2.06. The van der Waals surface area contributed by atoms with E-state index in [0.717, 1.165) is 36.0 Å². The number of para-hydroxylation sites is 1. The molecule has 0 saturated heterocycles. The van der Waals surface area contributed by atoms with E-state index in [0.29, 0.717) is 5.56 Å². The molecule has 0 aliphatic carbocycles. The van der Waals surface area contributed by atoms with Gasteiger partial charge in [-0.05, 0) is 12.5 Å². The van der Waals surface area contributed by atoms with Crippen molar-refractivity contribution in [3.05, 3.63) is 40.8 Å². The SMILES string of the molecule is CCCCn1cc2c(=O)[nH]nc-2c2ccccc21. The highest BCUT2D eigenvalue weighted by Crippen LogP contribution is 2.26. The molecule has 0 fully saturated rings. The van der Waals surface area contributed by atoms with E-state index in [2.05, 4.69) is 27.8 Å². The number of hydrogen-bond acceptors (Lipinski definition) is 2. The summed E-state index contributed by atoms with van der Waals surface area (Å²) in [6, 6.07) is 8.08. The van der Waals surface area contributed by atoms with Crippen molar-refractivity contribution in [2.24, 2.45) is 0 Å². The first-order chi connectivity index (χ1) is 8.81. The van der Waals surface area contributed by atoms with E-state index in [1.54, 1.807) is 0 Å². The van der Waals surface area contributed by atoms with Crippen LogP contribution in [0.1, 0.15) is 19.8 Å². The molecule has 2 heterocycles. The molecule has 2 aliphatic rings. The predicted molar refractivity (Wildman–Crippen MR) is 71.9 cm³/mol. The third-order valence-corrected chi connectivity index (χ3v) is 3.28. The summed E-state index contributed by atoms with van der Waals surface area (Å²) >= 11 is 0. The molecule has 1 aromatic carbocycles. The van der Waals surface area contributed by atoms with Crippen LogP contribution in [0.25, 0.3) is 22.2 Å². The molecule has 0 saturated carbocycles. The maximum atomic E-state index is 11.7. The summed E-state index contributed by atoms with van der Waals surface area (Å²) in [5, 5.41) is 7.68. The van der Waals surface area contributed by atoms with E-state index in [9.17, 15) is 4.79 Å². The van der Waals surface area contributed by atoms with Crippen molar-refractivity contribution in [3.8, 4) is 11.3 Å². The van der Waals surface area contributed by atoms with Gasteiger partial charge in [-0.1, -0.05) is 31.5 Å². The zero-order chi connectivity index (χ0) is 12.5. The number of aromatic amines is 1. The van der Waals surface area contributed by atoms with Gasteiger partial charge in [-0.15, -0.1) is 0 Å². The van der Waals surface area contributed by atoms with Crippen molar-refractivity contribution in [1.29, 1.82) is 0 Å². The number of benzene rings is 1. The minimum absolute atomic E-state index is 0.110. The molecule has 0 radical (unpaired) electrons. The third-order valence-electron chi connectivity index (χ3n) is 3.28. The second kappa shape index (κ2) is 4.29. The highest BCUT2D eigenvalue weighted by Gasteiger charge is 2.15. The smallest absolute Gasteiger partial charge is 0.275 e. The Bertz CT molecular complexity index is 711. The fourth-order valence-electron chi connectivity index (χ4n) is 2.32. The lowest BCUT2D eigenvalue weighted by atomic mass is 10.1. The molecule has 0 aromatic heterocycles. The molecule has 0 unspecified atom stereocenters. The minimum Gasteiger partial charge on any atom is -0.347 e. The van der Waals surface area contributed by atoms with Crippen LogP contribution in [0, 0.1) is 0 Å². The molecule has 2 aliphatic heterocycles. The highest BCUT2D eigenvalue weighted by atomic mass is 16.1. The zero-order valence-electron chi connectivity index (χ0n) is 10.3. The van der Waals surface area contributed by atoms with E-state index >= 15 is 0 Å². The Kier molecular flexibility index (Phi) is 2.63. The average Bonchev–Trinajstić information content (AvgIpc) is 2.78. The molecule has 0 atom stereocenters. The Morgan fingerprint density at radius 3 is 3.00 bits per heavy atom. The molecule has 0 bridgehead atoms. The van der Waals surface area contributed by atoms with Gasteiger partial charge >= 0.3 is 0 Å². The van der Waals surface area contributed by atoms with Gasteiger partial charge in [-0.25, -0.2) is 5.10 Å². The first-order valence-electron chi connectivity index (χ1n) is 6.27. The number of fused-ring (bicyclic) bond motifs is 3. The molecule has 1 N–H and O–H groups in total. The van der Waals surface area contributed by atoms with E-state index in [4.69, 9.17) is 0 Å². The van der Waals surface area contributed by atoms with Crippen molar-refractivity contribution >= 4 is 10.9 Å². The lowest BCUT2D eigenvalue weighted by Gasteiger charge is -2.13. The van der Waals surface area contributed by atoms with Crippen LogP contribution in [-0.2, 0) is 6.54 Å². The molecule has 4 nitrogen and oxygen atoms in total. The Labute approximate surface area is 105 Å². The molecule has 92 valence electrons. The van der Waals surface area contributed by atoms with Crippen LogP contribution in [0.4, 0.5) is 0 Å². The van der Waals surface area contributed by atoms with Gasteiger partial charge in [0.15, 0.2) is 0 Å². The van der Waals surface area contributed by atoms with Crippen LogP contribution >= 0.6 is 0 Å². The van der Waals surface area contributed by atoms with Crippen LogP contribution in [0.3, 0.4) is 0 Å². The number of nitrogens with zero attached hydrogens (tertiary/aromatic N) is 2. The number of pyridine rings is 1. The summed E-state index contributed by atoms with van der Waals surface area (Å²) in [6.07, 6.45) is 4.15. The van der Waals surface area contributed by atoms with Gasteiger partial charge in [0, 0.05) is 18.1 Å². The maximum Gasteiger partial charge on any atom is 0.275 e. The summed E-state index contributed by atoms with van der Waals surface area (Å²) in [4.78, 5) is 11.7. The van der Waals surface area contributed by atoms with Crippen molar-refractivity contribution in [2.45, 2.75) is 26.3 Å². The van der Waals surface area contributed by atoms with Gasteiger partial charge in [0.1, 0.15) is 5.69 Å². The fraction of sp³-hybridized carbons (Fsp3) is 0.286. The van der Waals surface area contributed by atoms with Crippen LogP contribution in [0.2, 0.25) is 0 Å². The van der Waals surface area contributed by atoms with Gasteiger partial charge in [0.25, 0.3) is 5.56 Å². The highest BCUT2D eigenvalue weighted by molar-refractivity contribution is 5.93. The number of H-pyrrole nitrogens is 1. The zero-order valence-corrected chi connectivity index (χ0v) is 10.3. The summed E-state index contributed by atoms with van der Waals surface area (Å²) < 4.78 is 2.15. The van der Waals surface area contributed by atoms with Crippen LogP contribution in [0.15, 0.2) is 35.3 Å². The quantitative estimate of drug-likeness (QED) is 0.766. The molecule has 3 rings (SSSR count). The molecular formula is C14H15N3O. The topological polar surface area (TPSA) is 50.7 Å². The molecule has 18 heavy (non-hydrogen) atoms. The average molecular weight is 241 g/mol. The number of unbranched alkanes of at least 4 members (excludes halogenated alkanes) is 1. The first kappa shape index (κ1) is 11.0. The largest absolute Gasteiger partial charge is 0.347 e. The Hall–Kier alpha value is -2.10. The number of nitrogens with one attached hydrogen (secondary N) is 1. The van der Waals surface area contributed by atoms with Crippen molar-refractivity contribution < 1.29 is 0 Å². The van der Waals surface area contributed by atoms with E-state index in [1.165, 1.54) is 0 Å². The van der Waals surface area contributed by atoms with Gasteiger partial charge in [0.2, 0.25) is 0 Å². The number of rotatable bonds is 3. The molecule has 4 heteroatoms. The standard InChI is InChI=1S/C14H15N3O/c1-2-3-8-17-9-11-13(15-16-14(11)18)10-6-4-5-7-12(10)17/h4-7,9H,2-3,8H2,1H3,(H,16,18). The number of aryl methyl sites for hydroxylation is 1. The minimum atomic E-state index is -0.110. The van der Waals surface area contributed by atoms with E-state index in [-0.39, 0.29) is 5.56 Å². The van der Waals surface area contributed by atoms with Crippen molar-refractivity contribution in [3.63, 3.8) is 0 Å². The Morgan fingerprint density at radius 1 is 1.33 bits per heavy atom. The van der Waals surface area contributed by atoms with E-state index in [1.807, 2.05) is 24.4 Å². The molecule has 1 aromatic rings. The molecular weight excluding hydrogens is 226 g/mol. The molecule has 0 amide bonds. The number of aromatic nitrogens is 3. The second-order valence-corrected chi connectivity index (χ2v) is 4.51. The van der Waals surface area contributed by atoms with Crippen LogP contribution in [0.5, 0.6) is 0 Å². The Balaban J connectivity index is 2.33. The lowest BCUT2D eigenvalue weighted by molar-refractivity contribution is 0.647. The fourth-order valence-corrected chi connectivity index (χ4v) is 2.32. The first-order valence-corrected chi connectivity index (χ1v) is 6.27. The van der Waals surface area contributed by atoms with Gasteiger partial charge in [-0.2, -0.15) is 5.10 Å². The monoisotopic (exact) mass is 241 g/mol. The Morgan fingerprint density at radius 2 is 2.17 bits per heavy atom. The van der Waals surface area contributed by atoms with Crippen molar-refractivity contribution in [1.82, 2.24) is 14.8 Å². The second-order valence-electron chi connectivity index (χ2n) is 4.51. The van der Waals surface area contributed by atoms with Gasteiger partial charge in [-0.3, -0.25) is 4.79 Å². The number of hydrogen-bond donors (Lipinski definition) is 1. The summed E-state index contributed by atoms with van der Waals surface area (Å²) in [5.41, 5.74) is 2.46. The summed E-state index contributed by atoms with van der Waals surface area (Å²) in [5.74, 6) is 0. The predicted octanol–water partition coefficient (Wildman–Crippen LogP) is 2.63. The van der Waals surface area contributed by atoms with Crippen LogP contribution in [-0.4, -0.2) is 14.8 Å². The maximum absolute atomic E-state index is 11.7. The normalized spacial score (nSPS) is 11.4. The van der Waals surface area contributed by atoms with E-state index < -0.39 is 0 Å². The summed E-state index contributed by atoms with van der Waals surface area (Å²) in [6.45, 7) is 3.09. The summed E-state index contributed by atoms with van der Waals surface area (Å²) in [7, 11) is 0.